The van der Waals surface area contributed by atoms with Crippen LogP contribution in [-0.4, -0.2) is 0 Å². The molecule has 0 aromatic heterocycles. The summed E-state index contributed by atoms with van der Waals surface area (Å²) in [5, 5.41) is 0. The first-order valence-corrected chi connectivity index (χ1v) is 5.16. The quantitative estimate of drug-likeness (QED) is 0.567. The Kier molecular flexibility index (Phi) is 3.15. The van der Waals surface area contributed by atoms with Crippen LogP contribution >= 0.6 is 0 Å². The molecule has 76 valence electrons. The molecule has 0 heteroatoms. The molecule has 0 nitrogen and oxygen atoms in total. The lowest BCUT2D eigenvalue weighted by Crippen LogP contribution is -2.25. The van der Waals surface area contributed by atoms with Gasteiger partial charge in [-0.1, -0.05) is 56.4 Å². The van der Waals surface area contributed by atoms with Crippen molar-refractivity contribution in [2.45, 2.75) is 27.7 Å². The fourth-order valence-electron chi connectivity index (χ4n) is 2.31. The highest BCUT2D eigenvalue weighted by Crippen LogP contribution is 2.41. The van der Waals surface area contributed by atoms with Crippen LogP contribution < -0.4 is 0 Å². The van der Waals surface area contributed by atoms with Crippen molar-refractivity contribution in [2.75, 3.05) is 0 Å². The predicted molar refractivity (Wildman–Crippen MR) is 64.1 cm³/mol. The van der Waals surface area contributed by atoms with E-state index in [9.17, 15) is 0 Å². The molecule has 14 heavy (non-hydrogen) atoms. The number of allylic oxidation sites excluding steroid dienone is 7. The zero-order valence-electron chi connectivity index (χ0n) is 9.67. The summed E-state index contributed by atoms with van der Waals surface area (Å²) < 4.78 is 0. The SMILES string of the molecule is C=C(/C=C/C)C1C(C)=CC=CC1(C)C. The zero-order chi connectivity index (χ0) is 10.8. The van der Waals surface area contributed by atoms with E-state index >= 15 is 0 Å². The van der Waals surface area contributed by atoms with Gasteiger partial charge < -0.3 is 0 Å². The molecule has 0 N–H and O–H groups in total. The second-order valence-corrected chi connectivity index (χ2v) is 4.60. The Balaban J connectivity index is 3.01. The van der Waals surface area contributed by atoms with Crippen molar-refractivity contribution in [3.63, 3.8) is 0 Å². The zero-order valence-corrected chi connectivity index (χ0v) is 9.67. The molecule has 0 fully saturated rings. The molecule has 1 aliphatic carbocycles. The molecule has 0 bridgehead atoms. The Morgan fingerprint density at radius 3 is 2.64 bits per heavy atom. The van der Waals surface area contributed by atoms with E-state index in [2.05, 4.69) is 57.7 Å². The van der Waals surface area contributed by atoms with Crippen LogP contribution in [0.15, 0.2) is 48.1 Å². The van der Waals surface area contributed by atoms with Crippen LogP contribution in [0.25, 0.3) is 0 Å². The van der Waals surface area contributed by atoms with Gasteiger partial charge in [-0.25, -0.2) is 0 Å². The molecule has 0 aromatic carbocycles. The maximum absolute atomic E-state index is 4.15. The van der Waals surface area contributed by atoms with Crippen molar-refractivity contribution < 1.29 is 0 Å². The van der Waals surface area contributed by atoms with Crippen molar-refractivity contribution in [3.05, 3.63) is 48.1 Å². The lowest BCUT2D eigenvalue weighted by molar-refractivity contribution is 0.370. The molecule has 0 aliphatic heterocycles. The average molecular weight is 188 g/mol. The molecule has 0 amide bonds. The number of hydrogen-bond acceptors (Lipinski definition) is 0. The summed E-state index contributed by atoms with van der Waals surface area (Å²) in [5.74, 6) is 0.448. The van der Waals surface area contributed by atoms with Gasteiger partial charge in [-0.15, -0.1) is 0 Å². The fraction of sp³-hybridized carbons (Fsp3) is 0.429. The normalized spacial score (nSPS) is 25.1. The molecule has 0 saturated carbocycles. The van der Waals surface area contributed by atoms with Gasteiger partial charge >= 0.3 is 0 Å². The predicted octanol–water partition coefficient (Wildman–Crippen LogP) is 4.28. The Hall–Kier alpha value is -1.04. The summed E-state index contributed by atoms with van der Waals surface area (Å²) in [4.78, 5) is 0. The van der Waals surface area contributed by atoms with Crippen molar-refractivity contribution in [1.29, 1.82) is 0 Å². The van der Waals surface area contributed by atoms with E-state index in [1.807, 2.05) is 6.92 Å². The van der Waals surface area contributed by atoms with Crippen LogP contribution in [0.2, 0.25) is 0 Å². The highest BCUT2D eigenvalue weighted by atomic mass is 14.3. The van der Waals surface area contributed by atoms with Crippen molar-refractivity contribution in [3.8, 4) is 0 Å². The van der Waals surface area contributed by atoms with Gasteiger partial charge in [-0.3, -0.25) is 0 Å². The molecule has 0 aromatic rings. The summed E-state index contributed by atoms with van der Waals surface area (Å²) in [5.41, 5.74) is 2.80. The minimum atomic E-state index is 0.190. The van der Waals surface area contributed by atoms with Gasteiger partial charge in [0.25, 0.3) is 0 Å². The molecule has 1 atom stereocenters. The van der Waals surface area contributed by atoms with E-state index < -0.39 is 0 Å². The first kappa shape index (κ1) is 11.0. The second kappa shape index (κ2) is 4.00. The monoisotopic (exact) mass is 188 g/mol. The van der Waals surface area contributed by atoms with Crippen molar-refractivity contribution in [2.24, 2.45) is 11.3 Å². The Bertz CT molecular complexity index is 311. The van der Waals surface area contributed by atoms with E-state index in [0.29, 0.717) is 5.92 Å². The van der Waals surface area contributed by atoms with Crippen LogP contribution in [0.4, 0.5) is 0 Å². The van der Waals surface area contributed by atoms with E-state index in [4.69, 9.17) is 0 Å². The molecular weight excluding hydrogens is 168 g/mol. The standard InChI is InChI=1S/C14H20/c1-6-8-11(2)13-12(3)9-7-10-14(13,4)5/h6-10,13H,2H2,1,3-5H3/b8-6+. The average Bonchev–Trinajstić information content (AvgIpc) is 2.02. The summed E-state index contributed by atoms with van der Waals surface area (Å²) in [7, 11) is 0. The topological polar surface area (TPSA) is 0 Å². The minimum absolute atomic E-state index is 0.190. The van der Waals surface area contributed by atoms with Crippen molar-refractivity contribution in [1.82, 2.24) is 0 Å². The minimum Gasteiger partial charge on any atom is -0.0952 e. The van der Waals surface area contributed by atoms with Crippen molar-refractivity contribution >= 4 is 0 Å². The van der Waals surface area contributed by atoms with Gasteiger partial charge in [0.2, 0.25) is 0 Å². The molecule has 1 unspecified atom stereocenters. The van der Waals surface area contributed by atoms with E-state index in [1.165, 1.54) is 11.1 Å². The number of hydrogen-bond donors (Lipinski definition) is 0. The molecule has 0 heterocycles. The summed E-state index contributed by atoms with van der Waals surface area (Å²) in [6, 6.07) is 0. The largest absolute Gasteiger partial charge is 0.0952 e. The van der Waals surface area contributed by atoms with Crippen LogP contribution in [-0.2, 0) is 0 Å². The van der Waals surface area contributed by atoms with Crippen LogP contribution in [0, 0.1) is 11.3 Å². The first-order chi connectivity index (χ1) is 6.49. The maximum Gasteiger partial charge on any atom is 0.0128 e. The van der Waals surface area contributed by atoms with Gasteiger partial charge in [0.15, 0.2) is 0 Å². The second-order valence-electron chi connectivity index (χ2n) is 4.60. The third-order valence-corrected chi connectivity index (χ3v) is 2.84. The Labute approximate surface area is 87.7 Å². The molecule has 1 rings (SSSR count). The highest BCUT2D eigenvalue weighted by Gasteiger charge is 2.30. The highest BCUT2D eigenvalue weighted by molar-refractivity contribution is 5.36. The van der Waals surface area contributed by atoms with Crippen LogP contribution in [0.1, 0.15) is 27.7 Å². The third-order valence-electron chi connectivity index (χ3n) is 2.84. The summed E-state index contributed by atoms with van der Waals surface area (Å²) >= 11 is 0. The molecule has 0 radical (unpaired) electrons. The third kappa shape index (κ3) is 2.06. The smallest absolute Gasteiger partial charge is 0.0128 e. The van der Waals surface area contributed by atoms with Gasteiger partial charge in [0.1, 0.15) is 0 Å². The van der Waals surface area contributed by atoms with Gasteiger partial charge in [-0.2, -0.15) is 0 Å². The van der Waals surface area contributed by atoms with Gasteiger partial charge in [-0.05, 0) is 24.8 Å². The summed E-state index contributed by atoms with van der Waals surface area (Å²) in [6.45, 7) is 12.9. The van der Waals surface area contributed by atoms with E-state index in [0.717, 1.165) is 0 Å². The lowest BCUT2D eigenvalue weighted by Gasteiger charge is -2.35. The molecule has 0 saturated heterocycles. The number of rotatable bonds is 2. The summed E-state index contributed by atoms with van der Waals surface area (Å²) in [6.07, 6.45) is 10.8. The molecular formula is C14H20. The lowest BCUT2D eigenvalue weighted by atomic mass is 9.69. The fourth-order valence-corrected chi connectivity index (χ4v) is 2.31. The maximum atomic E-state index is 4.15. The molecule has 0 spiro atoms. The molecule has 1 aliphatic rings. The van der Waals surface area contributed by atoms with Crippen LogP contribution in [0.5, 0.6) is 0 Å². The van der Waals surface area contributed by atoms with Gasteiger partial charge in [0.05, 0.1) is 0 Å². The van der Waals surface area contributed by atoms with Crippen LogP contribution in [0.3, 0.4) is 0 Å². The van der Waals surface area contributed by atoms with Gasteiger partial charge in [0, 0.05) is 5.92 Å². The van der Waals surface area contributed by atoms with E-state index in [-0.39, 0.29) is 5.41 Å². The Morgan fingerprint density at radius 1 is 1.50 bits per heavy atom. The van der Waals surface area contributed by atoms with E-state index in [1.54, 1.807) is 0 Å². The first-order valence-electron chi connectivity index (χ1n) is 5.16. The Morgan fingerprint density at radius 2 is 2.14 bits per heavy atom.